The van der Waals surface area contributed by atoms with Gasteiger partial charge < -0.3 is 15.5 Å². The molecule has 2 amide bonds. The van der Waals surface area contributed by atoms with Crippen LogP contribution in [-0.2, 0) is 4.79 Å². The minimum absolute atomic E-state index is 0.000982. The summed E-state index contributed by atoms with van der Waals surface area (Å²) in [5.41, 5.74) is 5.26. The van der Waals surface area contributed by atoms with Crippen molar-refractivity contribution in [3.8, 4) is 0 Å². The molecule has 31 heavy (non-hydrogen) atoms. The van der Waals surface area contributed by atoms with Crippen molar-refractivity contribution in [2.75, 3.05) is 50.7 Å². The maximum absolute atomic E-state index is 12.2. The molecule has 1 fully saturated rings. The van der Waals surface area contributed by atoms with E-state index in [1.165, 1.54) is 11.3 Å². The Hall–Kier alpha value is -2.86. The molecule has 0 aromatic heterocycles. The fraction of sp³-hybridized carbons (Fsp3) is 0.440. The predicted molar refractivity (Wildman–Crippen MR) is 126 cm³/mol. The molecule has 3 rings (SSSR count). The summed E-state index contributed by atoms with van der Waals surface area (Å²) in [5, 5.41) is 5.60. The Morgan fingerprint density at radius 1 is 0.871 bits per heavy atom. The second kappa shape index (κ2) is 11.0. The van der Waals surface area contributed by atoms with Crippen LogP contribution in [0.1, 0.15) is 33.5 Å². The maximum Gasteiger partial charge on any atom is 0.251 e. The Bertz CT molecular complexity index is 884. The predicted octanol–water partition coefficient (Wildman–Crippen LogP) is 2.67. The van der Waals surface area contributed by atoms with Gasteiger partial charge in [-0.1, -0.05) is 29.3 Å². The van der Waals surface area contributed by atoms with E-state index in [0.717, 1.165) is 50.3 Å². The topological polar surface area (TPSA) is 64.7 Å². The van der Waals surface area contributed by atoms with Crippen molar-refractivity contribution in [1.82, 2.24) is 15.5 Å². The van der Waals surface area contributed by atoms with Gasteiger partial charge in [0, 0.05) is 44.0 Å². The van der Waals surface area contributed by atoms with Crippen molar-refractivity contribution in [1.29, 1.82) is 0 Å². The van der Waals surface area contributed by atoms with Crippen molar-refractivity contribution in [3.05, 3.63) is 64.7 Å². The van der Waals surface area contributed by atoms with Crippen molar-refractivity contribution in [2.45, 2.75) is 27.2 Å². The fourth-order valence-corrected chi connectivity index (χ4v) is 4.02. The van der Waals surface area contributed by atoms with Gasteiger partial charge in [0.05, 0.1) is 6.54 Å². The van der Waals surface area contributed by atoms with Crippen LogP contribution in [0.15, 0.2) is 42.5 Å². The number of hydrogen-bond acceptors (Lipinski definition) is 4. The van der Waals surface area contributed by atoms with Crippen molar-refractivity contribution < 1.29 is 9.59 Å². The van der Waals surface area contributed by atoms with Crippen molar-refractivity contribution >= 4 is 17.5 Å². The summed E-state index contributed by atoms with van der Waals surface area (Å²) in [6.45, 7) is 11.8. The number of hydrogen-bond donors (Lipinski definition) is 2. The van der Waals surface area contributed by atoms with Crippen LogP contribution in [0.5, 0.6) is 0 Å². The second-order valence-corrected chi connectivity index (χ2v) is 8.43. The Balaban J connectivity index is 1.29. The molecule has 0 atom stereocenters. The van der Waals surface area contributed by atoms with E-state index in [2.05, 4.69) is 51.6 Å². The summed E-state index contributed by atoms with van der Waals surface area (Å²) >= 11 is 0. The highest BCUT2D eigenvalue weighted by atomic mass is 16.2. The molecule has 2 aromatic carbocycles. The molecule has 0 unspecified atom stereocenters. The first-order chi connectivity index (χ1) is 14.9. The lowest BCUT2D eigenvalue weighted by Crippen LogP contribution is -2.47. The summed E-state index contributed by atoms with van der Waals surface area (Å²) in [6.07, 6.45) is 0.904. The molecule has 2 aromatic rings. The smallest absolute Gasteiger partial charge is 0.251 e. The fourth-order valence-electron chi connectivity index (χ4n) is 4.02. The van der Waals surface area contributed by atoms with E-state index < -0.39 is 0 Å². The summed E-state index contributed by atoms with van der Waals surface area (Å²) < 4.78 is 0. The lowest BCUT2D eigenvalue weighted by molar-refractivity contribution is -0.120. The lowest BCUT2D eigenvalue weighted by Gasteiger charge is -2.36. The lowest BCUT2D eigenvalue weighted by atomic mass is 10.1. The Morgan fingerprint density at radius 3 is 2.26 bits per heavy atom. The van der Waals surface area contributed by atoms with E-state index >= 15 is 0 Å². The highest BCUT2D eigenvalue weighted by Crippen LogP contribution is 2.17. The van der Waals surface area contributed by atoms with Gasteiger partial charge in [0.15, 0.2) is 0 Å². The third kappa shape index (κ3) is 7.10. The monoisotopic (exact) mass is 422 g/mol. The zero-order valence-corrected chi connectivity index (χ0v) is 18.9. The minimum Gasteiger partial charge on any atom is -0.369 e. The number of carbonyl (C=O) groups excluding carboxylic acids is 2. The van der Waals surface area contributed by atoms with E-state index in [4.69, 9.17) is 0 Å². The van der Waals surface area contributed by atoms with Gasteiger partial charge in [0.2, 0.25) is 5.91 Å². The Morgan fingerprint density at radius 2 is 1.58 bits per heavy atom. The van der Waals surface area contributed by atoms with E-state index in [1.807, 2.05) is 32.0 Å². The van der Waals surface area contributed by atoms with Gasteiger partial charge in [-0.25, -0.2) is 0 Å². The van der Waals surface area contributed by atoms with Crippen LogP contribution in [0, 0.1) is 20.8 Å². The summed E-state index contributed by atoms with van der Waals surface area (Å²) in [5.74, 6) is -0.365. The molecule has 1 aliphatic heterocycles. The number of benzene rings is 2. The standard InChI is InChI=1S/C25H34N4O2/c1-19-6-4-7-23(17-19)29-12-10-28(11-13-29)9-5-8-26-24(30)18-27-25(31)22-15-20(2)14-21(3)16-22/h4,6-7,14-17H,5,8-13,18H2,1-3H3,(H,26,30)(H,27,31). The third-order valence-corrected chi connectivity index (χ3v) is 5.61. The average molecular weight is 423 g/mol. The number of carbonyl (C=O) groups is 2. The molecule has 0 spiro atoms. The Kier molecular flexibility index (Phi) is 8.06. The van der Waals surface area contributed by atoms with E-state index in [1.54, 1.807) is 0 Å². The summed E-state index contributed by atoms with van der Waals surface area (Å²) in [7, 11) is 0. The molecule has 166 valence electrons. The van der Waals surface area contributed by atoms with Gasteiger partial charge in [0.25, 0.3) is 5.91 Å². The summed E-state index contributed by atoms with van der Waals surface area (Å²) in [4.78, 5) is 29.2. The molecule has 1 heterocycles. The van der Waals surface area contributed by atoms with E-state index in [0.29, 0.717) is 12.1 Å². The molecular formula is C25H34N4O2. The van der Waals surface area contributed by atoms with Crippen LogP contribution in [-0.4, -0.2) is 62.5 Å². The number of nitrogens with zero attached hydrogens (tertiary/aromatic N) is 2. The average Bonchev–Trinajstić information content (AvgIpc) is 2.75. The molecule has 0 radical (unpaired) electrons. The van der Waals surface area contributed by atoms with Gasteiger partial charge in [-0.15, -0.1) is 0 Å². The zero-order chi connectivity index (χ0) is 22.2. The summed E-state index contributed by atoms with van der Waals surface area (Å²) in [6, 6.07) is 14.3. The number of aryl methyl sites for hydroxylation is 3. The van der Waals surface area contributed by atoms with Crippen LogP contribution in [0.2, 0.25) is 0 Å². The molecule has 6 nitrogen and oxygen atoms in total. The minimum atomic E-state index is -0.214. The molecule has 6 heteroatoms. The highest BCUT2D eigenvalue weighted by molar-refractivity contribution is 5.96. The maximum atomic E-state index is 12.2. The van der Waals surface area contributed by atoms with Gasteiger partial charge >= 0.3 is 0 Å². The third-order valence-electron chi connectivity index (χ3n) is 5.61. The van der Waals surface area contributed by atoms with Gasteiger partial charge in [-0.05, 0) is 63.6 Å². The number of piperazine rings is 1. The SMILES string of the molecule is Cc1cc(C)cc(C(=O)NCC(=O)NCCCN2CCN(c3cccc(C)c3)CC2)c1. The van der Waals surface area contributed by atoms with Gasteiger partial charge in [0.1, 0.15) is 0 Å². The second-order valence-electron chi connectivity index (χ2n) is 8.43. The number of rotatable bonds is 8. The first kappa shape index (κ1) is 22.8. The Labute approximate surface area is 185 Å². The van der Waals surface area contributed by atoms with Crippen LogP contribution in [0.3, 0.4) is 0 Å². The van der Waals surface area contributed by atoms with Crippen LogP contribution in [0.25, 0.3) is 0 Å². The van der Waals surface area contributed by atoms with E-state index in [-0.39, 0.29) is 18.4 Å². The normalized spacial score (nSPS) is 14.4. The van der Waals surface area contributed by atoms with E-state index in [9.17, 15) is 9.59 Å². The van der Waals surface area contributed by atoms with Crippen LogP contribution in [0.4, 0.5) is 5.69 Å². The van der Waals surface area contributed by atoms with Crippen molar-refractivity contribution in [3.63, 3.8) is 0 Å². The first-order valence-corrected chi connectivity index (χ1v) is 11.1. The molecule has 2 N–H and O–H groups in total. The number of amides is 2. The van der Waals surface area contributed by atoms with Crippen LogP contribution < -0.4 is 15.5 Å². The number of nitrogens with one attached hydrogen (secondary N) is 2. The van der Waals surface area contributed by atoms with Crippen LogP contribution >= 0.6 is 0 Å². The molecule has 0 saturated carbocycles. The quantitative estimate of drug-likeness (QED) is 0.642. The van der Waals surface area contributed by atoms with Crippen molar-refractivity contribution in [2.24, 2.45) is 0 Å². The van der Waals surface area contributed by atoms with Gasteiger partial charge in [-0.3, -0.25) is 14.5 Å². The molecule has 1 saturated heterocycles. The molecular weight excluding hydrogens is 388 g/mol. The number of anilines is 1. The zero-order valence-electron chi connectivity index (χ0n) is 18.9. The molecule has 0 aliphatic carbocycles. The molecule has 1 aliphatic rings. The van der Waals surface area contributed by atoms with Gasteiger partial charge in [-0.2, -0.15) is 0 Å². The highest BCUT2D eigenvalue weighted by Gasteiger charge is 2.17. The first-order valence-electron chi connectivity index (χ1n) is 11.1. The largest absolute Gasteiger partial charge is 0.369 e. The molecule has 0 bridgehead atoms.